The van der Waals surface area contributed by atoms with Crippen molar-refractivity contribution in [2.75, 3.05) is 4.72 Å². The highest BCUT2D eigenvalue weighted by atomic mass is 32.2. The number of nitrogens with zero attached hydrogens (tertiary/aromatic N) is 2. The van der Waals surface area contributed by atoms with Gasteiger partial charge in [0.25, 0.3) is 0 Å². The Kier molecular flexibility index (Phi) is 3.43. The summed E-state index contributed by atoms with van der Waals surface area (Å²) in [5, 5.41) is 9.03. The van der Waals surface area contributed by atoms with Gasteiger partial charge in [-0.3, -0.25) is 4.72 Å². The van der Waals surface area contributed by atoms with Crippen molar-refractivity contribution in [3.63, 3.8) is 0 Å². The lowest BCUT2D eigenvalue weighted by molar-refractivity contribution is 0.0693. The molecule has 1 aromatic heterocycles. The molecular formula is C11H10N4O3S. The largest absolute Gasteiger partial charge is 0.478 e. The van der Waals surface area contributed by atoms with Crippen LogP contribution in [0.4, 0.5) is 5.95 Å². The van der Waals surface area contributed by atoms with Gasteiger partial charge in [-0.1, -0.05) is 12.1 Å². The maximum Gasteiger partial charge on any atom is 0.337 e. The predicted octanol–water partition coefficient (Wildman–Crippen LogP) is 1.61. The summed E-state index contributed by atoms with van der Waals surface area (Å²) in [6, 6.07) is 7.21. The molecule has 8 heteroatoms. The monoisotopic (exact) mass is 278 g/mol. The smallest absolute Gasteiger partial charge is 0.337 e. The van der Waals surface area contributed by atoms with Gasteiger partial charge in [0.05, 0.1) is 10.5 Å². The lowest BCUT2D eigenvalue weighted by Gasteiger charge is -2.11. The van der Waals surface area contributed by atoms with Crippen LogP contribution in [-0.2, 0) is 9.92 Å². The van der Waals surface area contributed by atoms with E-state index in [9.17, 15) is 9.00 Å². The Labute approximate surface area is 109 Å². The van der Waals surface area contributed by atoms with Gasteiger partial charge in [0, 0.05) is 12.4 Å². The molecule has 2 aromatic rings. The first-order valence-electron chi connectivity index (χ1n) is 5.16. The van der Waals surface area contributed by atoms with E-state index >= 15 is 0 Å². The summed E-state index contributed by atoms with van der Waals surface area (Å²) in [7, 11) is -3.54. The number of hydrogen-bond acceptors (Lipinski definition) is 5. The van der Waals surface area contributed by atoms with E-state index in [1.807, 2.05) is 0 Å². The third-order valence-electron chi connectivity index (χ3n) is 2.23. The highest BCUT2D eigenvalue weighted by Gasteiger charge is 2.19. The quantitative estimate of drug-likeness (QED) is 0.785. The number of anilines is 1. The van der Waals surface area contributed by atoms with Gasteiger partial charge in [-0.15, -0.1) is 0 Å². The van der Waals surface area contributed by atoms with Crippen molar-refractivity contribution < 1.29 is 14.1 Å². The lowest BCUT2D eigenvalue weighted by atomic mass is 10.2. The van der Waals surface area contributed by atoms with Gasteiger partial charge in [-0.05, 0) is 18.2 Å². The fraction of sp³-hybridized carbons (Fsp3) is 0. The topological polar surface area (TPSA) is 116 Å². The first-order valence-corrected chi connectivity index (χ1v) is 6.72. The number of carbonyl (C=O) groups is 1. The predicted molar refractivity (Wildman–Crippen MR) is 68.2 cm³/mol. The Morgan fingerprint density at radius 3 is 2.47 bits per heavy atom. The van der Waals surface area contributed by atoms with E-state index < -0.39 is 15.9 Å². The van der Waals surface area contributed by atoms with Gasteiger partial charge in [0.2, 0.25) is 5.95 Å². The minimum Gasteiger partial charge on any atom is -0.478 e. The summed E-state index contributed by atoms with van der Waals surface area (Å²) in [4.78, 5) is 18.5. The van der Waals surface area contributed by atoms with E-state index in [0.717, 1.165) is 0 Å². The maximum absolute atomic E-state index is 12.3. The molecule has 2 rings (SSSR count). The molecule has 1 atom stereocenters. The minimum atomic E-state index is -3.54. The molecule has 0 aliphatic carbocycles. The molecule has 0 spiro atoms. The molecular weight excluding hydrogens is 268 g/mol. The van der Waals surface area contributed by atoms with Crippen molar-refractivity contribution in [3.05, 3.63) is 48.3 Å². The highest BCUT2D eigenvalue weighted by molar-refractivity contribution is 7.93. The molecule has 0 saturated carbocycles. The van der Waals surface area contributed by atoms with Crippen LogP contribution < -0.4 is 4.72 Å². The molecule has 1 heterocycles. The number of aromatic carboxylic acids is 1. The number of nitrogens with one attached hydrogen (secondary N) is 2. The summed E-state index contributed by atoms with van der Waals surface area (Å²) >= 11 is 0. The third kappa shape index (κ3) is 2.86. The van der Waals surface area contributed by atoms with Gasteiger partial charge in [-0.2, -0.15) is 0 Å². The fourth-order valence-corrected chi connectivity index (χ4v) is 2.64. The molecule has 1 unspecified atom stereocenters. The zero-order valence-electron chi connectivity index (χ0n) is 9.61. The van der Waals surface area contributed by atoms with Crippen LogP contribution in [-0.4, -0.2) is 25.3 Å². The van der Waals surface area contributed by atoms with E-state index in [2.05, 4.69) is 14.7 Å². The van der Waals surface area contributed by atoms with Crippen molar-refractivity contribution in [1.29, 1.82) is 4.78 Å². The summed E-state index contributed by atoms with van der Waals surface area (Å²) in [5.74, 6) is -1.24. The Morgan fingerprint density at radius 1 is 1.21 bits per heavy atom. The average molecular weight is 278 g/mol. The van der Waals surface area contributed by atoms with Crippen LogP contribution in [0.1, 0.15) is 10.4 Å². The molecule has 98 valence electrons. The zero-order valence-corrected chi connectivity index (χ0v) is 10.4. The van der Waals surface area contributed by atoms with Crippen LogP contribution >= 0.6 is 0 Å². The number of hydrogen-bond donors (Lipinski definition) is 3. The van der Waals surface area contributed by atoms with Crippen LogP contribution in [0.5, 0.6) is 0 Å². The minimum absolute atomic E-state index is 0.00249. The Balaban J connectivity index is 2.43. The number of carboxylic acid groups (broad SMARTS) is 1. The van der Waals surface area contributed by atoms with Gasteiger partial charge >= 0.3 is 5.97 Å². The molecule has 0 aliphatic rings. The van der Waals surface area contributed by atoms with Gasteiger partial charge in [0.1, 0.15) is 0 Å². The van der Waals surface area contributed by atoms with Crippen molar-refractivity contribution in [3.8, 4) is 0 Å². The molecule has 0 bridgehead atoms. The molecule has 0 amide bonds. The van der Waals surface area contributed by atoms with Crippen LogP contribution in [0.25, 0.3) is 0 Å². The highest BCUT2D eigenvalue weighted by Crippen LogP contribution is 2.18. The molecule has 3 N–H and O–H groups in total. The molecule has 0 fully saturated rings. The Hall–Kier alpha value is -2.48. The molecule has 0 saturated heterocycles. The van der Waals surface area contributed by atoms with Crippen molar-refractivity contribution in [2.45, 2.75) is 4.90 Å². The van der Waals surface area contributed by atoms with Crippen LogP contribution in [0.3, 0.4) is 0 Å². The van der Waals surface area contributed by atoms with Gasteiger partial charge in [-0.25, -0.2) is 23.8 Å². The van der Waals surface area contributed by atoms with E-state index in [1.54, 1.807) is 6.07 Å². The van der Waals surface area contributed by atoms with Crippen LogP contribution in [0.2, 0.25) is 0 Å². The van der Waals surface area contributed by atoms with Crippen LogP contribution in [0.15, 0.2) is 47.6 Å². The molecule has 0 aliphatic heterocycles. The second kappa shape index (κ2) is 5.02. The second-order valence-electron chi connectivity index (χ2n) is 3.53. The molecule has 19 heavy (non-hydrogen) atoms. The van der Waals surface area contributed by atoms with E-state index in [-0.39, 0.29) is 16.4 Å². The SMILES string of the molecule is N=S(=O)(Nc1ncccn1)c1ccccc1C(=O)O. The third-order valence-corrected chi connectivity index (χ3v) is 3.67. The summed E-state index contributed by atoms with van der Waals surface area (Å²) in [5.41, 5.74) is -0.189. The number of rotatable bonds is 4. The number of aromatic nitrogens is 2. The molecule has 0 radical (unpaired) electrons. The van der Waals surface area contributed by atoms with Crippen LogP contribution in [0, 0.1) is 4.78 Å². The first-order chi connectivity index (χ1) is 9.00. The summed E-state index contributed by atoms with van der Waals surface area (Å²) < 4.78 is 22.4. The normalized spacial score (nSPS) is 13.5. The van der Waals surface area contributed by atoms with Crippen molar-refractivity contribution >= 4 is 21.8 Å². The first kappa shape index (κ1) is 13.0. The lowest BCUT2D eigenvalue weighted by Crippen LogP contribution is -2.16. The fourth-order valence-electron chi connectivity index (χ4n) is 1.43. The second-order valence-corrected chi connectivity index (χ2v) is 5.29. The van der Waals surface area contributed by atoms with Gasteiger partial charge in [0.15, 0.2) is 9.92 Å². The number of benzene rings is 1. The van der Waals surface area contributed by atoms with Gasteiger partial charge < -0.3 is 5.11 Å². The Bertz CT molecular complexity index is 701. The summed E-state index contributed by atoms with van der Waals surface area (Å²) in [6.07, 6.45) is 2.85. The number of carboxylic acids is 1. The Morgan fingerprint density at radius 2 is 1.84 bits per heavy atom. The maximum atomic E-state index is 12.3. The van der Waals surface area contributed by atoms with E-state index in [4.69, 9.17) is 9.89 Å². The van der Waals surface area contributed by atoms with E-state index in [1.165, 1.54) is 36.7 Å². The zero-order chi connectivity index (χ0) is 13.9. The van der Waals surface area contributed by atoms with Crippen molar-refractivity contribution in [1.82, 2.24) is 9.97 Å². The standard InChI is InChI=1S/C11H10N4O3S/c12-19(18,15-11-13-6-3-7-14-11)9-5-2-1-4-8(9)10(16)17/h1-7H,(H,16,17)(H2,12,13,14,15,18). The summed E-state index contributed by atoms with van der Waals surface area (Å²) in [6.45, 7) is 0. The van der Waals surface area contributed by atoms with E-state index in [0.29, 0.717) is 0 Å². The average Bonchev–Trinajstić information content (AvgIpc) is 2.39. The molecule has 1 aromatic carbocycles. The van der Waals surface area contributed by atoms with Crippen molar-refractivity contribution in [2.24, 2.45) is 0 Å². The molecule has 7 nitrogen and oxygen atoms in total.